The summed E-state index contributed by atoms with van der Waals surface area (Å²) in [6.45, 7) is 4.47. The number of para-hydroxylation sites is 1. The number of rotatable bonds is 6. The maximum Gasteiger partial charge on any atom is 0.255 e. The van der Waals surface area contributed by atoms with Gasteiger partial charge in [0, 0.05) is 29.4 Å². The molecule has 0 saturated carbocycles. The Kier molecular flexibility index (Phi) is 6.92. The molecule has 3 aromatic rings. The van der Waals surface area contributed by atoms with Crippen molar-refractivity contribution < 1.29 is 9.59 Å². The van der Waals surface area contributed by atoms with Crippen LogP contribution in [0, 0.1) is 12.8 Å². The van der Waals surface area contributed by atoms with Crippen LogP contribution in [0.25, 0.3) is 0 Å². The maximum absolute atomic E-state index is 12.6. The fourth-order valence-electron chi connectivity index (χ4n) is 3.94. The smallest absolute Gasteiger partial charge is 0.255 e. The zero-order valence-electron chi connectivity index (χ0n) is 18.3. The lowest BCUT2D eigenvalue weighted by molar-refractivity contribution is -0.121. The van der Waals surface area contributed by atoms with Crippen LogP contribution in [0.15, 0.2) is 72.8 Å². The van der Waals surface area contributed by atoms with Crippen molar-refractivity contribution in [3.05, 3.63) is 89.6 Å². The number of aryl methyl sites for hydroxylation is 1. The number of piperidine rings is 1. The third-order valence-electron chi connectivity index (χ3n) is 5.75. The second-order valence-electron chi connectivity index (χ2n) is 8.22. The molecule has 1 aromatic heterocycles. The fourth-order valence-corrected chi connectivity index (χ4v) is 3.94. The van der Waals surface area contributed by atoms with Crippen LogP contribution in [-0.2, 0) is 11.3 Å². The molecule has 1 aliphatic heterocycles. The van der Waals surface area contributed by atoms with Gasteiger partial charge in [-0.1, -0.05) is 36.4 Å². The molecule has 1 aliphatic rings. The zero-order valence-corrected chi connectivity index (χ0v) is 18.3. The minimum Gasteiger partial charge on any atom is -0.322 e. The maximum atomic E-state index is 12.6. The van der Waals surface area contributed by atoms with Crippen molar-refractivity contribution >= 4 is 23.3 Å². The Morgan fingerprint density at radius 3 is 2.31 bits per heavy atom. The first kappa shape index (κ1) is 21.7. The highest BCUT2D eigenvalue weighted by atomic mass is 16.2. The number of hydrogen-bond donors (Lipinski definition) is 2. The van der Waals surface area contributed by atoms with E-state index in [2.05, 4.69) is 20.5 Å². The molecule has 6 nitrogen and oxygen atoms in total. The van der Waals surface area contributed by atoms with Crippen LogP contribution >= 0.6 is 0 Å². The van der Waals surface area contributed by atoms with Gasteiger partial charge in [-0.3, -0.25) is 14.5 Å². The van der Waals surface area contributed by atoms with Gasteiger partial charge in [-0.05, 0) is 74.8 Å². The van der Waals surface area contributed by atoms with E-state index >= 15 is 0 Å². The normalized spacial score (nSPS) is 14.7. The molecule has 164 valence electrons. The third-order valence-corrected chi connectivity index (χ3v) is 5.75. The van der Waals surface area contributed by atoms with Crippen molar-refractivity contribution in [3.8, 4) is 0 Å². The largest absolute Gasteiger partial charge is 0.322 e. The summed E-state index contributed by atoms with van der Waals surface area (Å²) in [4.78, 5) is 31.7. The molecule has 0 spiro atoms. The van der Waals surface area contributed by atoms with Gasteiger partial charge in [0.25, 0.3) is 5.91 Å². The summed E-state index contributed by atoms with van der Waals surface area (Å²) in [7, 11) is 0. The van der Waals surface area contributed by atoms with E-state index in [9.17, 15) is 9.59 Å². The summed E-state index contributed by atoms with van der Waals surface area (Å²) >= 11 is 0. The Balaban J connectivity index is 1.25. The molecule has 6 heteroatoms. The lowest BCUT2D eigenvalue weighted by atomic mass is 9.95. The molecular weight excluding hydrogens is 400 g/mol. The predicted molar refractivity (Wildman–Crippen MR) is 126 cm³/mol. The Morgan fingerprint density at radius 2 is 1.62 bits per heavy atom. The number of pyridine rings is 1. The van der Waals surface area contributed by atoms with E-state index in [-0.39, 0.29) is 17.7 Å². The highest BCUT2D eigenvalue weighted by Gasteiger charge is 2.25. The van der Waals surface area contributed by atoms with Crippen molar-refractivity contribution in [1.82, 2.24) is 9.88 Å². The van der Waals surface area contributed by atoms with E-state index < -0.39 is 0 Å². The van der Waals surface area contributed by atoms with Crippen LogP contribution in [0.2, 0.25) is 0 Å². The SMILES string of the molecule is Cc1cccc(NC(=O)C2CCN(Cc3ccc(C(=O)Nc4ccccc4)cc3)CC2)n1. The van der Waals surface area contributed by atoms with E-state index in [0.717, 1.165) is 49.4 Å². The van der Waals surface area contributed by atoms with Crippen molar-refractivity contribution in [1.29, 1.82) is 0 Å². The molecule has 0 bridgehead atoms. The first-order chi connectivity index (χ1) is 15.6. The van der Waals surface area contributed by atoms with E-state index in [1.165, 1.54) is 0 Å². The van der Waals surface area contributed by atoms with Crippen LogP contribution in [0.4, 0.5) is 11.5 Å². The number of nitrogens with one attached hydrogen (secondary N) is 2. The Hall–Kier alpha value is -3.51. The van der Waals surface area contributed by atoms with Crippen molar-refractivity contribution in [2.24, 2.45) is 5.92 Å². The summed E-state index contributed by atoms with van der Waals surface area (Å²) in [6.07, 6.45) is 1.66. The van der Waals surface area contributed by atoms with Crippen LogP contribution < -0.4 is 10.6 Å². The monoisotopic (exact) mass is 428 g/mol. The van der Waals surface area contributed by atoms with E-state index in [4.69, 9.17) is 0 Å². The van der Waals surface area contributed by atoms with Gasteiger partial charge in [0.2, 0.25) is 5.91 Å². The van der Waals surface area contributed by atoms with Gasteiger partial charge < -0.3 is 10.6 Å². The molecular formula is C26H28N4O2. The first-order valence-electron chi connectivity index (χ1n) is 11.0. The lowest BCUT2D eigenvalue weighted by Crippen LogP contribution is -2.37. The molecule has 1 fully saturated rings. The minimum absolute atomic E-state index is 0.0117. The van der Waals surface area contributed by atoms with E-state index in [1.807, 2.05) is 79.7 Å². The number of nitrogens with zero attached hydrogens (tertiary/aromatic N) is 2. The van der Waals surface area contributed by atoms with Crippen molar-refractivity contribution in [3.63, 3.8) is 0 Å². The van der Waals surface area contributed by atoms with Crippen LogP contribution in [0.5, 0.6) is 0 Å². The van der Waals surface area contributed by atoms with Gasteiger partial charge in [0.05, 0.1) is 0 Å². The summed E-state index contributed by atoms with van der Waals surface area (Å²) in [5, 5.41) is 5.85. The van der Waals surface area contributed by atoms with Crippen LogP contribution in [0.3, 0.4) is 0 Å². The molecule has 0 radical (unpaired) electrons. The Bertz CT molecular complexity index is 1060. The van der Waals surface area contributed by atoms with E-state index in [1.54, 1.807) is 0 Å². The summed E-state index contributed by atoms with van der Waals surface area (Å²) in [5.74, 6) is 0.570. The number of anilines is 2. The highest BCUT2D eigenvalue weighted by molar-refractivity contribution is 6.04. The number of benzene rings is 2. The van der Waals surface area contributed by atoms with Gasteiger partial charge >= 0.3 is 0 Å². The number of hydrogen-bond acceptors (Lipinski definition) is 4. The summed E-state index contributed by atoms with van der Waals surface area (Å²) in [5.41, 5.74) is 3.47. The van der Waals surface area contributed by atoms with Gasteiger partial charge in [0.15, 0.2) is 0 Å². The first-order valence-corrected chi connectivity index (χ1v) is 11.0. The topological polar surface area (TPSA) is 74.3 Å². The number of aromatic nitrogens is 1. The average molecular weight is 429 g/mol. The molecule has 2 aromatic carbocycles. The zero-order chi connectivity index (χ0) is 22.3. The lowest BCUT2D eigenvalue weighted by Gasteiger charge is -2.31. The predicted octanol–water partition coefficient (Wildman–Crippen LogP) is 4.49. The molecule has 2 N–H and O–H groups in total. The summed E-state index contributed by atoms with van der Waals surface area (Å²) in [6, 6.07) is 22.8. The molecule has 4 rings (SSSR count). The van der Waals surface area contributed by atoms with E-state index in [0.29, 0.717) is 11.4 Å². The Morgan fingerprint density at radius 1 is 0.906 bits per heavy atom. The molecule has 2 heterocycles. The second-order valence-corrected chi connectivity index (χ2v) is 8.22. The quantitative estimate of drug-likeness (QED) is 0.607. The molecule has 32 heavy (non-hydrogen) atoms. The second kappa shape index (κ2) is 10.2. The molecule has 1 saturated heterocycles. The standard InChI is InChI=1S/C26H28N4O2/c1-19-6-5-9-24(27-19)29-26(32)22-14-16-30(17-15-22)18-20-10-12-21(13-11-20)25(31)28-23-7-3-2-4-8-23/h2-13,22H,14-18H2,1H3,(H,28,31)(H,27,29,32). The molecule has 0 unspecified atom stereocenters. The van der Waals surface area contributed by atoms with Gasteiger partial charge in [-0.2, -0.15) is 0 Å². The van der Waals surface area contributed by atoms with Gasteiger partial charge in [-0.15, -0.1) is 0 Å². The average Bonchev–Trinajstić information content (AvgIpc) is 2.81. The molecule has 0 atom stereocenters. The molecule has 2 amide bonds. The fraction of sp³-hybridized carbons (Fsp3) is 0.269. The minimum atomic E-state index is -0.113. The van der Waals surface area contributed by atoms with Crippen LogP contribution in [0.1, 0.15) is 34.5 Å². The van der Waals surface area contributed by atoms with Crippen molar-refractivity contribution in [2.45, 2.75) is 26.3 Å². The number of amides is 2. The van der Waals surface area contributed by atoms with Crippen molar-refractivity contribution in [2.75, 3.05) is 23.7 Å². The number of carbonyl (C=O) groups excluding carboxylic acids is 2. The van der Waals surface area contributed by atoms with Crippen LogP contribution in [-0.4, -0.2) is 34.8 Å². The Labute approximate surface area is 188 Å². The van der Waals surface area contributed by atoms with Gasteiger partial charge in [-0.25, -0.2) is 4.98 Å². The molecule has 0 aliphatic carbocycles. The third kappa shape index (κ3) is 5.80. The van der Waals surface area contributed by atoms with Gasteiger partial charge in [0.1, 0.15) is 5.82 Å². The highest BCUT2D eigenvalue weighted by Crippen LogP contribution is 2.21. The number of likely N-dealkylation sites (tertiary alicyclic amines) is 1. The summed E-state index contributed by atoms with van der Waals surface area (Å²) < 4.78 is 0. The number of carbonyl (C=O) groups is 2.